The van der Waals surface area contributed by atoms with Gasteiger partial charge in [-0.3, -0.25) is 4.79 Å². The fourth-order valence-corrected chi connectivity index (χ4v) is 2.51. The molecule has 0 radical (unpaired) electrons. The van der Waals surface area contributed by atoms with Gasteiger partial charge in [0.1, 0.15) is 5.60 Å². The third-order valence-electron chi connectivity index (χ3n) is 3.85. The number of halogens is 6. The van der Waals surface area contributed by atoms with E-state index in [1.165, 1.54) is 36.6 Å². The van der Waals surface area contributed by atoms with Crippen molar-refractivity contribution in [2.24, 2.45) is 0 Å². The first-order chi connectivity index (χ1) is 12.2. The molecule has 1 aromatic carbocycles. The summed E-state index contributed by atoms with van der Waals surface area (Å²) >= 11 is 0. The summed E-state index contributed by atoms with van der Waals surface area (Å²) in [5, 5.41) is 0.0740. The average Bonchev–Trinajstić information content (AvgIpc) is 2.89. The second kappa shape index (κ2) is 6.90. The number of hydrogen-bond donors (Lipinski definition) is 0. The fourth-order valence-electron chi connectivity index (χ4n) is 2.51. The Morgan fingerprint density at radius 2 is 1.59 bits per heavy atom. The van der Waals surface area contributed by atoms with Gasteiger partial charge in [0.15, 0.2) is 0 Å². The van der Waals surface area contributed by atoms with Crippen LogP contribution in [-0.2, 0) is 16.1 Å². The normalized spacial score (nSPS) is 13.0. The number of ketones is 1. The van der Waals surface area contributed by atoms with Gasteiger partial charge in [-0.15, -0.1) is 0 Å². The Morgan fingerprint density at radius 3 is 2.15 bits per heavy atom. The molecule has 0 amide bonds. The maximum Gasteiger partial charge on any atom is 0.490 e. The van der Waals surface area contributed by atoms with Gasteiger partial charge in [0.25, 0.3) is 5.78 Å². The summed E-state index contributed by atoms with van der Waals surface area (Å²) in [7, 11) is 0. The Balaban J connectivity index is 2.27. The summed E-state index contributed by atoms with van der Waals surface area (Å²) in [6.07, 6.45) is -9.32. The van der Waals surface area contributed by atoms with E-state index >= 15 is 0 Å². The molecule has 148 valence electrons. The van der Waals surface area contributed by atoms with E-state index in [1.807, 2.05) is 0 Å². The van der Waals surface area contributed by atoms with Crippen molar-refractivity contribution in [2.75, 3.05) is 0 Å². The van der Waals surface area contributed by atoms with Gasteiger partial charge in [0.05, 0.1) is 5.56 Å². The quantitative estimate of drug-likeness (QED) is 0.420. The SMILES string of the molecule is CC(C)(CCn1cc(C(=O)C(F)(F)F)c2ccccc21)OC(=O)C(F)(F)F. The molecule has 1 heterocycles. The second-order valence-electron chi connectivity index (χ2n) is 6.48. The molecule has 0 saturated heterocycles. The van der Waals surface area contributed by atoms with Crippen LogP contribution in [0, 0.1) is 0 Å². The minimum absolute atomic E-state index is 0.0657. The number of carbonyl (C=O) groups excluding carboxylic acids is 2. The predicted molar refractivity (Wildman–Crippen MR) is 83.2 cm³/mol. The smallest absolute Gasteiger partial charge is 0.453 e. The van der Waals surface area contributed by atoms with Crippen LogP contribution in [0.25, 0.3) is 10.9 Å². The first-order valence-corrected chi connectivity index (χ1v) is 7.72. The minimum Gasteiger partial charge on any atom is -0.453 e. The van der Waals surface area contributed by atoms with Crippen LogP contribution in [0.2, 0.25) is 0 Å². The average molecular weight is 395 g/mol. The molecule has 0 unspecified atom stereocenters. The fraction of sp³-hybridized carbons (Fsp3) is 0.412. The van der Waals surface area contributed by atoms with Crippen molar-refractivity contribution in [1.29, 1.82) is 0 Å². The molecule has 0 aliphatic rings. The summed E-state index contributed by atoms with van der Waals surface area (Å²) in [6, 6.07) is 5.85. The minimum atomic E-state index is -5.15. The van der Waals surface area contributed by atoms with Gasteiger partial charge in [0, 0.05) is 30.1 Å². The van der Waals surface area contributed by atoms with E-state index < -0.39 is 35.3 Å². The van der Waals surface area contributed by atoms with Crippen LogP contribution < -0.4 is 0 Å². The van der Waals surface area contributed by atoms with Crippen LogP contribution in [0.15, 0.2) is 30.5 Å². The zero-order chi connectivity index (χ0) is 20.6. The molecule has 2 aromatic rings. The number of hydrogen-bond acceptors (Lipinski definition) is 3. The van der Waals surface area contributed by atoms with Crippen LogP contribution in [0.5, 0.6) is 0 Å². The molecule has 2 rings (SSSR count). The summed E-state index contributed by atoms with van der Waals surface area (Å²) in [5.74, 6) is -4.36. The Morgan fingerprint density at radius 1 is 1.00 bits per heavy atom. The van der Waals surface area contributed by atoms with Crippen LogP contribution >= 0.6 is 0 Å². The molecule has 27 heavy (non-hydrogen) atoms. The molecule has 1 aromatic heterocycles. The molecule has 0 aliphatic heterocycles. The van der Waals surface area contributed by atoms with E-state index in [4.69, 9.17) is 0 Å². The van der Waals surface area contributed by atoms with Crippen molar-refractivity contribution in [2.45, 2.75) is 44.8 Å². The lowest BCUT2D eigenvalue weighted by atomic mass is 10.1. The topological polar surface area (TPSA) is 48.3 Å². The van der Waals surface area contributed by atoms with Crippen molar-refractivity contribution < 1.29 is 40.7 Å². The first kappa shape index (κ1) is 20.8. The van der Waals surface area contributed by atoms with Crippen molar-refractivity contribution in [3.05, 3.63) is 36.0 Å². The van der Waals surface area contributed by atoms with E-state index in [9.17, 15) is 35.9 Å². The lowest BCUT2D eigenvalue weighted by molar-refractivity contribution is -0.212. The Labute approximate surface area is 149 Å². The number of nitrogens with zero attached hydrogens (tertiary/aromatic N) is 1. The summed E-state index contributed by atoms with van der Waals surface area (Å²) in [4.78, 5) is 22.6. The molecule has 0 N–H and O–H groups in total. The van der Waals surface area contributed by atoms with Crippen molar-refractivity contribution >= 4 is 22.7 Å². The molecule has 0 bridgehead atoms. The number of rotatable bonds is 5. The molecule has 0 fully saturated rings. The molecule has 0 atom stereocenters. The monoisotopic (exact) mass is 395 g/mol. The van der Waals surface area contributed by atoms with Crippen molar-refractivity contribution in [3.8, 4) is 0 Å². The van der Waals surface area contributed by atoms with Gasteiger partial charge < -0.3 is 9.30 Å². The van der Waals surface area contributed by atoms with Gasteiger partial charge in [-0.05, 0) is 19.9 Å². The number of fused-ring (bicyclic) bond motifs is 1. The number of aryl methyl sites for hydroxylation is 1. The van der Waals surface area contributed by atoms with E-state index in [-0.39, 0.29) is 18.4 Å². The number of Topliss-reactive ketones (excluding diaryl/α,β-unsaturated/α-hetero) is 1. The first-order valence-electron chi connectivity index (χ1n) is 7.72. The molecular formula is C17H15F6NO3. The standard InChI is InChI=1S/C17H15F6NO3/c1-15(2,27-14(26)17(21,22)23)7-8-24-9-11(13(25)16(18,19)20)10-5-3-4-6-12(10)24/h3-6,9H,7-8H2,1-2H3. The zero-order valence-corrected chi connectivity index (χ0v) is 14.2. The molecule has 4 nitrogen and oxygen atoms in total. The van der Waals surface area contributed by atoms with Crippen LogP contribution in [0.4, 0.5) is 26.3 Å². The van der Waals surface area contributed by atoms with E-state index in [0.717, 1.165) is 6.20 Å². The van der Waals surface area contributed by atoms with Crippen LogP contribution in [0.3, 0.4) is 0 Å². The summed E-state index contributed by atoms with van der Waals surface area (Å²) in [5.41, 5.74) is -1.77. The number of benzene rings is 1. The Bertz CT molecular complexity index is 864. The van der Waals surface area contributed by atoms with E-state index in [1.54, 1.807) is 6.07 Å². The number of para-hydroxylation sites is 1. The van der Waals surface area contributed by atoms with Crippen molar-refractivity contribution in [1.82, 2.24) is 4.57 Å². The van der Waals surface area contributed by atoms with Gasteiger partial charge in [-0.2, -0.15) is 26.3 Å². The number of ether oxygens (including phenoxy) is 1. The molecular weight excluding hydrogens is 380 g/mol. The molecule has 0 aliphatic carbocycles. The maximum atomic E-state index is 12.8. The lowest BCUT2D eigenvalue weighted by Crippen LogP contribution is -2.36. The number of esters is 1. The molecule has 0 spiro atoms. The second-order valence-corrected chi connectivity index (χ2v) is 6.48. The third-order valence-corrected chi connectivity index (χ3v) is 3.85. The van der Waals surface area contributed by atoms with Gasteiger partial charge in [0.2, 0.25) is 0 Å². The van der Waals surface area contributed by atoms with Crippen LogP contribution in [-0.4, -0.2) is 34.3 Å². The predicted octanol–water partition coefficient (Wildman–Crippen LogP) is 4.66. The highest BCUT2D eigenvalue weighted by Crippen LogP contribution is 2.30. The highest BCUT2D eigenvalue weighted by Gasteiger charge is 2.44. The van der Waals surface area contributed by atoms with E-state index in [0.29, 0.717) is 5.52 Å². The highest BCUT2D eigenvalue weighted by atomic mass is 19.4. The largest absolute Gasteiger partial charge is 0.490 e. The van der Waals surface area contributed by atoms with Crippen LogP contribution in [0.1, 0.15) is 30.6 Å². The number of aromatic nitrogens is 1. The Hall–Kier alpha value is -2.52. The lowest BCUT2D eigenvalue weighted by Gasteiger charge is -2.26. The van der Waals surface area contributed by atoms with Crippen molar-refractivity contribution in [3.63, 3.8) is 0 Å². The zero-order valence-electron chi connectivity index (χ0n) is 14.2. The summed E-state index contributed by atoms with van der Waals surface area (Å²) < 4.78 is 81.1. The van der Waals surface area contributed by atoms with E-state index in [2.05, 4.69) is 4.74 Å². The number of alkyl halides is 6. The van der Waals surface area contributed by atoms with Gasteiger partial charge >= 0.3 is 18.3 Å². The Kier molecular flexibility index (Phi) is 5.31. The van der Waals surface area contributed by atoms with Gasteiger partial charge in [-0.1, -0.05) is 18.2 Å². The molecule has 10 heteroatoms. The summed E-state index contributed by atoms with van der Waals surface area (Å²) in [6.45, 7) is 2.44. The molecule has 0 saturated carbocycles. The highest BCUT2D eigenvalue weighted by molar-refractivity contribution is 6.10. The van der Waals surface area contributed by atoms with Gasteiger partial charge in [-0.25, -0.2) is 4.79 Å². The maximum absolute atomic E-state index is 12.8. The number of carbonyl (C=O) groups is 2. The third kappa shape index (κ3) is 4.81.